The lowest BCUT2D eigenvalue weighted by Gasteiger charge is -2.17. The Labute approximate surface area is 120 Å². The van der Waals surface area contributed by atoms with Gasteiger partial charge in [-0.1, -0.05) is 31.5 Å². The van der Waals surface area contributed by atoms with Gasteiger partial charge in [0.25, 0.3) is 0 Å². The highest BCUT2D eigenvalue weighted by Gasteiger charge is 2.28. The average Bonchev–Trinajstić information content (AvgIpc) is 2.38. The smallest absolute Gasteiger partial charge is 0.318 e. The van der Waals surface area contributed by atoms with Gasteiger partial charge < -0.3 is 10.1 Å². The minimum atomic E-state index is -0.753. The Bertz CT molecular complexity index is 451. The third-order valence-corrected chi connectivity index (χ3v) is 2.91. The summed E-state index contributed by atoms with van der Waals surface area (Å²) in [5.41, 5.74) is 1.81. The number of carbonyl (C=O) groups excluding carboxylic acids is 2. The Morgan fingerprint density at radius 3 is 2.30 bits per heavy atom. The van der Waals surface area contributed by atoms with Gasteiger partial charge in [0.15, 0.2) is 0 Å². The molecule has 110 valence electrons. The van der Waals surface area contributed by atoms with Crippen molar-refractivity contribution in [2.24, 2.45) is 11.8 Å². The summed E-state index contributed by atoms with van der Waals surface area (Å²) < 4.78 is 4.98. The van der Waals surface area contributed by atoms with Crippen molar-refractivity contribution in [3.05, 3.63) is 29.8 Å². The van der Waals surface area contributed by atoms with Crippen LogP contribution < -0.4 is 5.32 Å². The number of aryl methyl sites for hydroxylation is 1. The summed E-state index contributed by atoms with van der Waals surface area (Å²) in [6.07, 6.45) is 0.483. The molecule has 1 aromatic rings. The minimum Gasteiger partial charge on any atom is -0.465 e. The number of esters is 1. The maximum Gasteiger partial charge on any atom is 0.318 e. The van der Waals surface area contributed by atoms with Crippen LogP contribution in [0.4, 0.5) is 5.69 Å². The van der Waals surface area contributed by atoms with Gasteiger partial charge in [0, 0.05) is 5.69 Å². The van der Waals surface area contributed by atoms with Gasteiger partial charge in [-0.15, -0.1) is 0 Å². The first-order valence-electron chi connectivity index (χ1n) is 6.98. The van der Waals surface area contributed by atoms with Crippen LogP contribution >= 0.6 is 0 Å². The van der Waals surface area contributed by atoms with Crippen molar-refractivity contribution in [1.82, 2.24) is 0 Å². The first-order valence-corrected chi connectivity index (χ1v) is 6.98. The van der Waals surface area contributed by atoms with Crippen LogP contribution in [0, 0.1) is 18.8 Å². The summed E-state index contributed by atoms with van der Waals surface area (Å²) in [5.74, 6) is -1.27. The van der Waals surface area contributed by atoms with Crippen LogP contribution in [0.5, 0.6) is 0 Å². The lowest BCUT2D eigenvalue weighted by molar-refractivity contribution is -0.151. The lowest BCUT2D eigenvalue weighted by Crippen LogP contribution is -2.32. The molecule has 0 spiro atoms. The summed E-state index contributed by atoms with van der Waals surface area (Å²) in [6, 6.07) is 7.48. The molecule has 0 aromatic heterocycles. The number of rotatable bonds is 6. The van der Waals surface area contributed by atoms with Crippen molar-refractivity contribution >= 4 is 17.6 Å². The maximum absolute atomic E-state index is 12.2. The predicted molar refractivity (Wildman–Crippen MR) is 79.4 cm³/mol. The predicted octanol–water partition coefficient (Wildman–Crippen LogP) is 3.16. The average molecular weight is 277 g/mol. The molecule has 20 heavy (non-hydrogen) atoms. The van der Waals surface area contributed by atoms with Crippen molar-refractivity contribution in [1.29, 1.82) is 0 Å². The molecule has 0 bridgehead atoms. The summed E-state index contributed by atoms with van der Waals surface area (Å²) in [6.45, 7) is 7.95. The van der Waals surface area contributed by atoms with E-state index in [0.29, 0.717) is 12.1 Å². The van der Waals surface area contributed by atoms with E-state index in [-0.39, 0.29) is 18.4 Å². The number of amides is 1. The van der Waals surface area contributed by atoms with E-state index in [9.17, 15) is 9.59 Å². The molecule has 1 N–H and O–H groups in total. The molecule has 1 rings (SSSR count). The Morgan fingerprint density at radius 1 is 1.20 bits per heavy atom. The molecule has 0 saturated heterocycles. The van der Waals surface area contributed by atoms with E-state index in [1.807, 2.05) is 45.0 Å². The highest BCUT2D eigenvalue weighted by molar-refractivity contribution is 6.04. The van der Waals surface area contributed by atoms with Gasteiger partial charge >= 0.3 is 5.97 Å². The van der Waals surface area contributed by atoms with Crippen molar-refractivity contribution in [2.45, 2.75) is 34.1 Å². The fraction of sp³-hybridized carbons (Fsp3) is 0.500. The standard InChI is InChI=1S/C16H23NO3/c1-5-20-16(19)14(10-11(2)3)15(18)17-13-8-6-12(4)7-9-13/h6-9,11,14H,5,10H2,1-4H3,(H,17,18). The highest BCUT2D eigenvalue weighted by atomic mass is 16.5. The molecule has 4 heteroatoms. The summed E-state index contributed by atoms with van der Waals surface area (Å²) in [7, 11) is 0. The monoisotopic (exact) mass is 277 g/mol. The molecule has 0 aliphatic heterocycles. The number of anilines is 1. The Hall–Kier alpha value is -1.84. The molecule has 4 nitrogen and oxygen atoms in total. The molecule has 0 aliphatic carbocycles. The van der Waals surface area contributed by atoms with E-state index < -0.39 is 11.9 Å². The fourth-order valence-electron chi connectivity index (χ4n) is 1.89. The molecular weight excluding hydrogens is 254 g/mol. The number of hydrogen-bond donors (Lipinski definition) is 1. The van der Waals surface area contributed by atoms with E-state index in [1.165, 1.54) is 0 Å². The molecule has 1 amide bonds. The molecule has 0 aliphatic rings. The van der Waals surface area contributed by atoms with Gasteiger partial charge in [0.2, 0.25) is 5.91 Å². The van der Waals surface area contributed by atoms with E-state index in [1.54, 1.807) is 6.92 Å². The number of benzene rings is 1. The second-order valence-corrected chi connectivity index (χ2v) is 5.29. The van der Waals surface area contributed by atoms with E-state index >= 15 is 0 Å². The number of hydrogen-bond acceptors (Lipinski definition) is 3. The molecule has 0 fully saturated rings. The quantitative estimate of drug-likeness (QED) is 0.642. The van der Waals surface area contributed by atoms with Crippen molar-refractivity contribution in [3.63, 3.8) is 0 Å². The van der Waals surface area contributed by atoms with Crippen molar-refractivity contribution in [3.8, 4) is 0 Å². The first-order chi connectivity index (χ1) is 9.43. The second kappa shape index (κ2) is 7.68. The fourth-order valence-corrected chi connectivity index (χ4v) is 1.89. The summed E-state index contributed by atoms with van der Waals surface area (Å²) in [4.78, 5) is 24.1. The van der Waals surface area contributed by atoms with E-state index in [2.05, 4.69) is 5.32 Å². The Morgan fingerprint density at radius 2 is 1.80 bits per heavy atom. The third-order valence-electron chi connectivity index (χ3n) is 2.91. The molecular formula is C16H23NO3. The van der Waals surface area contributed by atoms with Crippen LogP contribution in [0.25, 0.3) is 0 Å². The topological polar surface area (TPSA) is 55.4 Å². The molecule has 0 heterocycles. The van der Waals surface area contributed by atoms with Crippen LogP contribution in [-0.2, 0) is 14.3 Å². The minimum absolute atomic E-state index is 0.244. The summed E-state index contributed by atoms with van der Waals surface area (Å²) >= 11 is 0. The van der Waals surface area contributed by atoms with Crippen molar-refractivity contribution < 1.29 is 14.3 Å². The van der Waals surface area contributed by atoms with Gasteiger partial charge in [-0.3, -0.25) is 9.59 Å². The SMILES string of the molecule is CCOC(=O)C(CC(C)C)C(=O)Nc1ccc(C)cc1. The van der Waals surface area contributed by atoms with E-state index in [4.69, 9.17) is 4.74 Å². The zero-order chi connectivity index (χ0) is 15.1. The zero-order valence-corrected chi connectivity index (χ0v) is 12.6. The largest absolute Gasteiger partial charge is 0.465 e. The maximum atomic E-state index is 12.2. The Kier molecular flexibility index (Phi) is 6.22. The van der Waals surface area contributed by atoms with Crippen LogP contribution in [0.1, 0.15) is 32.8 Å². The Balaban J connectivity index is 2.76. The number of ether oxygens (including phenoxy) is 1. The van der Waals surface area contributed by atoms with Gasteiger partial charge in [0.1, 0.15) is 5.92 Å². The van der Waals surface area contributed by atoms with Crippen LogP contribution in [0.2, 0.25) is 0 Å². The molecule has 1 unspecified atom stereocenters. The summed E-state index contributed by atoms with van der Waals surface area (Å²) in [5, 5.41) is 2.77. The van der Waals surface area contributed by atoms with Gasteiger partial charge in [0.05, 0.1) is 6.61 Å². The number of nitrogens with one attached hydrogen (secondary N) is 1. The van der Waals surface area contributed by atoms with Gasteiger partial charge in [-0.2, -0.15) is 0 Å². The van der Waals surface area contributed by atoms with Crippen LogP contribution in [-0.4, -0.2) is 18.5 Å². The molecule has 1 atom stereocenters. The van der Waals surface area contributed by atoms with Crippen LogP contribution in [0.15, 0.2) is 24.3 Å². The van der Waals surface area contributed by atoms with Gasteiger partial charge in [-0.05, 0) is 38.3 Å². The zero-order valence-electron chi connectivity index (χ0n) is 12.6. The molecule has 1 aromatic carbocycles. The molecule has 0 radical (unpaired) electrons. The number of carbonyl (C=O) groups is 2. The molecule has 0 saturated carbocycles. The first kappa shape index (κ1) is 16.2. The third kappa shape index (κ3) is 5.03. The lowest BCUT2D eigenvalue weighted by atomic mass is 9.96. The van der Waals surface area contributed by atoms with E-state index in [0.717, 1.165) is 5.56 Å². The second-order valence-electron chi connectivity index (χ2n) is 5.29. The van der Waals surface area contributed by atoms with Crippen molar-refractivity contribution in [2.75, 3.05) is 11.9 Å². The normalized spacial score (nSPS) is 12.1. The van der Waals surface area contributed by atoms with Gasteiger partial charge in [-0.25, -0.2) is 0 Å². The highest BCUT2D eigenvalue weighted by Crippen LogP contribution is 2.17. The van der Waals surface area contributed by atoms with Crippen LogP contribution in [0.3, 0.4) is 0 Å².